The SMILES string of the molecule is CCCC(C)S(=O)(=O)c1cc(Cl)cc(C(=O)O)c1Cl. The molecule has 1 aromatic rings. The fourth-order valence-corrected chi connectivity index (χ4v) is 4.13. The highest BCUT2D eigenvalue weighted by Gasteiger charge is 2.28. The molecule has 19 heavy (non-hydrogen) atoms. The summed E-state index contributed by atoms with van der Waals surface area (Å²) in [5.41, 5.74) is -0.309. The fourth-order valence-electron chi connectivity index (χ4n) is 1.71. The molecule has 0 saturated heterocycles. The second-order valence-corrected chi connectivity index (χ2v) is 7.36. The molecule has 0 saturated carbocycles. The molecule has 0 fully saturated rings. The van der Waals surface area contributed by atoms with Gasteiger partial charge >= 0.3 is 5.97 Å². The van der Waals surface area contributed by atoms with Crippen LogP contribution < -0.4 is 0 Å². The third-order valence-corrected chi connectivity index (χ3v) is 5.73. The normalized spacial score (nSPS) is 13.3. The molecule has 0 aliphatic carbocycles. The molecule has 4 nitrogen and oxygen atoms in total. The van der Waals surface area contributed by atoms with E-state index in [1.807, 2.05) is 6.92 Å². The number of benzene rings is 1. The smallest absolute Gasteiger partial charge is 0.337 e. The van der Waals surface area contributed by atoms with Crippen LogP contribution in [0.1, 0.15) is 37.0 Å². The van der Waals surface area contributed by atoms with Crippen molar-refractivity contribution >= 4 is 39.0 Å². The van der Waals surface area contributed by atoms with Crippen molar-refractivity contribution in [1.82, 2.24) is 0 Å². The highest BCUT2D eigenvalue weighted by Crippen LogP contribution is 2.32. The first-order valence-corrected chi connectivity index (χ1v) is 7.98. The Labute approximate surface area is 122 Å². The van der Waals surface area contributed by atoms with Crippen LogP contribution in [-0.2, 0) is 9.84 Å². The predicted molar refractivity (Wildman–Crippen MR) is 75.0 cm³/mol. The fraction of sp³-hybridized carbons (Fsp3) is 0.417. The molecule has 1 rings (SSSR count). The maximum atomic E-state index is 12.3. The summed E-state index contributed by atoms with van der Waals surface area (Å²) in [5.74, 6) is -1.31. The Kier molecular flexibility index (Phi) is 5.24. The van der Waals surface area contributed by atoms with Gasteiger partial charge in [0.2, 0.25) is 0 Å². The largest absolute Gasteiger partial charge is 0.478 e. The Morgan fingerprint density at radius 2 is 1.95 bits per heavy atom. The van der Waals surface area contributed by atoms with Crippen LogP contribution in [0.25, 0.3) is 0 Å². The number of carboxylic acid groups (broad SMARTS) is 1. The van der Waals surface area contributed by atoms with Crippen molar-refractivity contribution < 1.29 is 18.3 Å². The van der Waals surface area contributed by atoms with Crippen molar-refractivity contribution in [1.29, 1.82) is 0 Å². The van der Waals surface area contributed by atoms with Gasteiger partial charge in [0.25, 0.3) is 0 Å². The average Bonchev–Trinajstić information content (AvgIpc) is 2.31. The molecular weight excluding hydrogens is 311 g/mol. The summed E-state index contributed by atoms with van der Waals surface area (Å²) in [6, 6.07) is 2.33. The van der Waals surface area contributed by atoms with E-state index >= 15 is 0 Å². The van der Waals surface area contributed by atoms with Crippen LogP contribution >= 0.6 is 23.2 Å². The van der Waals surface area contributed by atoms with Gasteiger partial charge in [-0.25, -0.2) is 13.2 Å². The van der Waals surface area contributed by atoms with Crippen molar-refractivity contribution in [3.8, 4) is 0 Å². The van der Waals surface area contributed by atoms with Gasteiger partial charge in [0.1, 0.15) is 0 Å². The van der Waals surface area contributed by atoms with Gasteiger partial charge in [-0.15, -0.1) is 0 Å². The highest BCUT2D eigenvalue weighted by atomic mass is 35.5. The van der Waals surface area contributed by atoms with E-state index in [2.05, 4.69) is 0 Å². The molecule has 0 heterocycles. The number of aromatic carboxylic acids is 1. The molecule has 1 aromatic carbocycles. The molecule has 106 valence electrons. The van der Waals surface area contributed by atoms with Crippen LogP contribution in [0.3, 0.4) is 0 Å². The van der Waals surface area contributed by atoms with Crippen molar-refractivity contribution in [2.75, 3.05) is 0 Å². The number of rotatable bonds is 5. The van der Waals surface area contributed by atoms with Gasteiger partial charge in [-0.3, -0.25) is 0 Å². The van der Waals surface area contributed by atoms with Crippen LogP contribution in [0.4, 0.5) is 0 Å². The van der Waals surface area contributed by atoms with E-state index in [1.165, 1.54) is 6.07 Å². The summed E-state index contributed by atoms with van der Waals surface area (Å²) in [5, 5.41) is 8.08. The topological polar surface area (TPSA) is 71.4 Å². The number of carboxylic acids is 1. The lowest BCUT2D eigenvalue weighted by Crippen LogP contribution is -2.19. The van der Waals surface area contributed by atoms with Crippen LogP contribution in [0.2, 0.25) is 10.0 Å². The van der Waals surface area contributed by atoms with Gasteiger partial charge in [-0.1, -0.05) is 36.5 Å². The van der Waals surface area contributed by atoms with Crippen molar-refractivity contribution in [3.05, 3.63) is 27.7 Å². The van der Waals surface area contributed by atoms with Crippen molar-refractivity contribution in [2.24, 2.45) is 0 Å². The summed E-state index contributed by atoms with van der Waals surface area (Å²) in [7, 11) is -3.69. The summed E-state index contributed by atoms with van der Waals surface area (Å²) < 4.78 is 24.7. The Hall–Kier alpha value is -0.780. The molecule has 1 unspecified atom stereocenters. The molecule has 1 atom stereocenters. The molecule has 0 aliphatic rings. The number of hydrogen-bond acceptors (Lipinski definition) is 3. The van der Waals surface area contributed by atoms with Gasteiger partial charge in [0.15, 0.2) is 9.84 Å². The number of sulfone groups is 1. The molecular formula is C12H14Cl2O4S. The predicted octanol–water partition coefficient (Wildman–Crippen LogP) is 3.65. The van der Waals surface area contributed by atoms with E-state index in [9.17, 15) is 13.2 Å². The summed E-state index contributed by atoms with van der Waals surface area (Å²) >= 11 is 11.7. The van der Waals surface area contributed by atoms with E-state index in [-0.39, 0.29) is 20.5 Å². The van der Waals surface area contributed by atoms with E-state index in [1.54, 1.807) is 6.92 Å². The molecule has 0 bridgehead atoms. The Balaban J connectivity index is 3.47. The second-order valence-electron chi connectivity index (χ2n) is 4.21. The zero-order valence-electron chi connectivity index (χ0n) is 10.5. The molecule has 0 aliphatic heterocycles. The zero-order chi connectivity index (χ0) is 14.8. The monoisotopic (exact) mass is 324 g/mol. The Bertz CT molecular complexity index is 596. The quantitative estimate of drug-likeness (QED) is 0.897. The molecule has 0 aromatic heterocycles. The van der Waals surface area contributed by atoms with Crippen molar-refractivity contribution in [3.63, 3.8) is 0 Å². The van der Waals surface area contributed by atoms with Crippen LogP contribution in [-0.4, -0.2) is 24.7 Å². The van der Waals surface area contributed by atoms with E-state index < -0.39 is 21.1 Å². The zero-order valence-corrected chi connectivity index (χ0v) is 12.8. The summed E-state index contributed by atoms with van der Waals surface area (Å²) in [6.45, 7) is 3.44. The van der Waals surface area contributed by atoms with Crippen molar-refractivity contribution in [2.45, 2.75) is 36.8 Å². The summed E-state index contributed by atoms with van der Waals surface area (Å²) in [6.07, 6.45) is 1.16. The standard InChI is InChI=1S/C12H14Cl2O4S/c1-3-4-7(2)19(17,18)10-6-8(13)5-9(11(10)14)12(15)16/h5-7H,3-4H2,1-2H3,(H,15,16). The minimum Gasteiger partial charge on any atom is -0.478 e. The first kappa shape index (κ1) is 16.3. The van der Waals surface area contributed by atoms with Crippen LogP contribution in [0.15, 0.2) is 17.0 Å². The Morgan fingerprint density at radius 3 is 2.42 bits per heavy atom. The number of carbonyl (C=O) groups is 1. The minimum atomic E-state index is -3.69. The van der Waals surface area contributed by atoms with Crippen LogP contribution in [0, 0.1) is 0 Å². The first-order valence-electron chi connectivity index (χ1n) is 5.68. The molecule has 1 N–H and O–H groups in total. The molecule has 7 heteroatoms. The Morgan fingerprint density at radius 1 is 1.37 bits per heavy atom. The first-order chi connectivity index (χ1) is 8.71. The van der Waals surface area contributed by atoms with E-state index in [0.717, 1.165) is 6.07 Å². The molecule has 0 amide bonds. The van der Waals surface area contributed by atoms with Crippen LogP contribution in [0.5, 0.6) is 0 Å². The lowest BCUT2D eigenvalue weighted by Gasteiger charge is -2.14. The highest BCUT2D eigenvalue weighted by molar-refractivity contribution is 7.92. The molecule has 0 radical (unpaired) electrons. The van der Waals surface area contributed by atoms with Gasteiger partial charge in [0.05, 0.1) is 20.7 Å². The van der Waals surface area contributed by atoms with Gasteiger partial charge < -0.3 is 5.11 Å². The third-order valence-electron chi connectivity index (χ3n) is 2.77. The van der Waals surface area contributed by atoms with E-state index in [0.29, 0.717) is 12.8 Å². The van der Waals surface area contributed by atoms with Gasteiger partial charge in [0, 0.05) is 5.02 Å². The number of hydrogen-bond donors (Lipinski definition) is 1. The number of halogens is 2. The summed E-state index contributed by atoms with van der Waals surface area (Å²) in [4.78, 5) is 10.8. The maximum Gasteiger partial charge on any atom is 0.337 e. The average molecular weight is 325 g/mol. The van der Waals surface area contributed by atoms with E-state index in [4.69, 9.17) is 28.3 Å². The van der Waals surface area contributed by atoms with Gasteiger partial charge in [-0.2, -0.15) is 0 Å². The molecule has 0 spiro atoms. The lowest BCUT2D eigenvalue weighted by atomic mass is 10.2. The second kappa shape index (κ2) is 6.11. The third kappa shape index (κ3) is 3.41. The lowest BCUT2D eigenvalue weighted by molar-refractivity contribution is 0.0697. The maximum absolute atomic E-state index is 12.3. The van der Waals surface area contributed by atoms with Gasteiger partial charge in [-0.05, 0) is 25.5 Å². The minimum absolute atomic E-state index is 0.0315.